The van der Waals surface area contributed by atoms with Gasteiger partial charge < -0.3 is 4.74 Å². The maximum absolute atomic E-state index is 14.9. The Bertz CT molecular complexity index is 1750. The van der Waals surface area contributed by atoms with Gasteiger partial charge in [0, 0.05) is 13.0 Å². The number of fused-ring (bicyclic) bond motifs is 3. The van der Waals surface area contributed by atoms with Crippen molar-refractivity contribution in [2.45, 2.75) is 25.9 Å². The predicted molar refractivity (Wildman–Crippen MR) is 121 cm³/mol. The van der Waals surface area contributed by atoms with Gasteiger partial charge in [-0.2, -0.15) is 10.2 Å². The lowest BCUT2D eigenvalue weighted by atomic mass is 9.99. The summed E-state index contributed by atoms with van der Waals surface area (Å²) in [4.78, 5) is 26.9. The van der Waals surface area contributed by atoms with Gasteiger partial charge in [-0.25, -0.2) is 23.5 Å². The van der Waals surface area contributed by atoms with E-state index in [9.17, 15) is 18.8 Å². The lowest BCUT2D eigenvalue weighted by Crippen LogP contribution is -2.31. The molecule has 6 rings (SSSR count). The molecule has 4 heterocycles. The number of imidazole rings is 2. The number of ether oxygens (including phenoxy) is 1. The molecular weight excluding hydrogens is 456 g/mol. The normalized spacial score (nSPS) is 15.2. The van der Waals surface area contributed by atoms with Crippen molar-refractivity contribution < 1.29 is 13.5 Å². The monoisotopic (exact) mass is 473 g/mol. The van der Waals surface area contributed by atoms with E-state index in [4.69, 9.17) is 4.74 Å². The largest absolute Gasteiger partial charge is 0.490 e. The molecule has 1 atom stereocenters. The summed E-state index contributed by atoms with van der Waals surface area (Å²) in [6.07, 6.45) is 3.32. The van der Waals surface area contributed by atoms with Gasteiger partial charge in [0.1, 0.15) is 17.7 Å². The molecule has 3 aromatic heterocycles. The van der Waals surface area contributed by atoms with Gasteiger partial charge >= 0.3 is 5.69 Å². The van der Waals surface area contributed by atoms with Crippen LogP contribution in [0.2, 0.25) is 0 Å². The van der Waals surface area contributed by atoms with Gasteiger partial charge in [-0.1, -0.05) is 0 Å². The first-order valence-corrected chi connectivity index (χ1v) is 11.0. The van der Waals surface area contributed by atoms with Crippen LogP contribution < -0.4 is 10.4 Å². The second-order valence-electron chi connectivity index (χ2n) is 8.13. The van der Waals surface area contributed by atoms with Crippen LogP contribution in [0.25, 0.3) is 28.1 Å². The topological polar surface area (TPSA) is 104 Å². The molecule has 0 unspecified atom stereocenters. The van der Waals surface area contributed by atoms with Gasteiger partial charge in [-0.3, -0.25) is 13.7 Å². The van der Waals surface area contributed by atoms with Crippen LogP contribution in [0.3, 0.4) is 0 Å². The number of benzene rings is 2. The highest BCUT2D eigenvalue weighted by molar-refractivity contribution is 5.79. The molecule has 0 radical (unpaired) electrons. The molecule has 0 N–H and O–H groups in total. The number of nitrogens with zero attached hydrogens (tertiary/aromatic N) is 7. The van der Waals surface area contributed by atoms with Gasteiger partial charge in [-0.05, 0) is 37.3 Å². The number of aryl methyl sites for hydroxylation is 1. The van der Waals surface area contributed by atoms with E-state index in [2.05, 4.69) is 21.0 Å². The Morgan fingerprint density at radius 1 is 1.17 bits per heavy atom. The van der Waals surface area contributed by atoms with Crippen LogP contribution in [0.4, 0.5) is 8.78 Å². The number of aromatic nitrogens is 6. The number of hydrogen-bond acceptors (Lipinski definition) is 6. The van der Waals surface area contributed by atoms with E-state index >= 15 is 0 Å². The van der Waals surface area contributed by atoms with Crippen LogP contribution in [-0.2, 0) is 6.54 Å². The van der Waals surface area contributed by atoms with Crippen molar-refractivity contribution in [3.05, 3.63) is 76.1 Å². The van der Waals surface area contributed by atoms with E-state index in [1.165, 1.54) is 21.7 Å². The smallest absolute Gasteiger partial charge is 0.330 e. The lowest BCUT2D eigenvalue weighted by Gasteiger charge is -2.27. The summed E-state index contributed by atoms with van der Waals surface area (Å²) in [5.41, 5.74) is 2.04. The van der Waals surface area contributed by atoms with Crippen molar-refractivity contribution in [1.29, 1.82) is 5.26 Å². The van der Waals surface area contributed by atoms with Crippen LogP contribution in [0.15, 0.2) is 47.7 Å². The molecule has 1 aliphatic heterocycles. The average molecular weight is 473 g/mol. The Morgan fingerprint density at radius 2 is 2.00 bits per heavy atom. The standard InChI is InChI=1S/C24H17F2N7O2/c1-2-31-19-11-28-23(32-12-29-16-6-3-13(10-27)9-18(16)32)30-22(19)33(24(31)34)17-7-8-35-21-15(26)5-4-14(25)20(17)21/h3-6,9,11-12,17H,2,7-8H2,1H3/t17-/m1/s1. The molecule has 0 fully saturated rings. The summed E-state index contributed by atoms with van der Waals surface area (Å²) < 4.78 is 39.3. The van der Waals surface area contributed by atoms with Gasteiger partial charge in [0.2, 0.25) is 5.95 Å². The average Bonchev–Trinajstić information content (AvgIpc) is 3.42. The second-order valence-corrected chi connectivity index (χ2v) is 8.13. The first-order valence-electron chi connectivity index (χ1n) is 11.0. The maximum atomic E-state index is 14.9. The van der Waals surface area contributed by atoms with Crippen molar-refractivity contribution in [2.75, 3.05) is 6.61 Å². The van der Waals surface area contributed by atoms with Crippen molar-refractivity contribution in [1.82, 2.24) is 28.7 Å². The number of rotatable bonds is 3. The molecule has 0 saturated carbocycles. The minimum Gasteiger partial charge on any atom is -0.490 e. The summed E-state index contributed by atoms with van der Waals surface area (Å²) in [6.45, 7) is 2.26. The minimum absolute atomic E-state index is 0.0135. The molecule has 174 valence electrons. The fourth-order valence-corrected chi connectivity index (χ4v) is 4.67. The van der Waals surface area contributed by atoms with E-state index in [0.717, 1.165) is 12.1 Å². The Morgan fingerprint density at radius 3 is 2.80 bits per heavy atom. The van der Waals surface area contributed by atoms with Gasteiger partial charge in [0.25, 0.3) is 0 Å². The summed E-state index contributed by atoms with van der Waals surface area (Å²) >= 11 is 0. The third-order valence-corrected chi connectivity index (χ3v) is 6.28. The zero-order valence-corrected chi connectivity index (χ0v) is 18.4. The Balaban J connectivity index is 1.62. The molecule has 9 nitrogen and oxygen atoms in total. The van der Waals surface area contributed by atoms with E-state index in [0.29, 0.717) is 28.7 Å². The number of hydrogen-bond donors (Lipinski definition) is 0. The summed E-state index contributed by atoms with van der Waals surface area (Å²) in [7, 11) is 0. The van der Waals surface area contributed by atoms with Crippen LogP contribution in [0.5, 0.6) is 5.75 Å². The third-order valence-electron chi connectivity index (χ3n) is 6.28. The zero-order valence-electron chi connectivity index (χ0n) is 18.4. The summed E-state index contributed by atoms with van der Waals surface area (Å²) in [5, 5.41) is 9.28. The SMILES string of the molecule is CCn1c(=O)n([C@@H]2CCOc3c(F)ccc(F)c32)c2nc(-n3cnc4ccc(C#N)cc43)ncc21. The van der Waals surface area contributed by atoms with Crippen molar-refractivity contribution in [2.24, 2.45) is 0 Å². The molecule has 0 spiro atoms. The molecule has 11 heteroatoms. The van der Waals surface area contributed by atoms with E-state index in [1.807, 2.05) is 6.92 Å². The number of nitriles is 1. The van der Waals surface area contributed by atoms with Crippen LogP contribution >= 0.6 is 0 Å². The fraction of sp³-hybridized carbons (Fsp3) is 0.208. The summed E-state index contributed by atoms with van der Waals surface area (Å²) in [6, 6.07) is 8.39. The van der Waals surface area contributed by atoms with Crippen LogP contribution in [0.1, 0.15) is 30.5 Å². The van der Waals surface area contributed by atoms with Crippen LogP contribution in [-0.4, -0.2) is 35.3 Å². The molecule has 1 aliphatic rings. The Hall–Kier alpha value is -4.59. The second kappa shape index (κ2) is 7.73. The molecular formula is C24H17F2N7O2. The Kier molecular flexibility index (Phi) is 4.63. The zero-order chi connectivity index (χ0) is 24.3. The quantitative estimate of drug-likeness (QED) is 0.398. The lowest BCUT2D eigenvalue weighted by molar-refractivity contribution is 0.238. The molecule has 5 aromatic rings. The highest BCUT2D eigenvalue weighted by Gasteiger charge is 2.33. The molecule has 0 aliphatic carbocycles. The Labute approximate surface area is 196 Å². The first-order chi connectivity index (χ1) is 17.0. The third kappa shape index (κ3) is 3.03. The molecule has 0 amide bonds. The van der Waals surface area contributed by atoms with E-state index in [-0.39, 0.29) is 35.9 Å². The van der Waals surface area contributed by atoms with E-state index < -0.39 is 23.4 Å². The molecule has 35 heavy (non-hydrogen) atoms. The maximum Gasteiger partial charge on any atom is 0.330 e. The minimum atomic E-state index is -0.815. The molecule has 2 aromatic carbocycles. The summed E-state index contributed by atoms with van der Waals surface area (Å²) in [5.74, 6) is -1.31. The first kappa shape index (κ1) is 21.0. The molecule has 0 bridgehead atoms. The highest BCUT2D eigenvalue weighted by Crippen LogP contribution is 2.39. The van der Waals surface area contributed by atoms with Gasteiger partial charge in [-0.15, -0.1) is 0 Å². The van der Waals surface area contributed by atoms with Crippen LogP contribution in [0, 0.1) is 23.0 Å². The highest BCUT2D eigenvalue weighted by atomic mass is 19.1. The molecule has 0 saturated heterocycles. The van der Waals surface area contributed by atoms with E-state index in [1.54, 1.807) is 22.8 Å². The number of halogens is 2. The van der Waals surface area contributed by atoms with Gasteiger partial charge in [0.15, 0.2) is 17.2 Å². The van der Waals surface area contributed by atoms with Crippen molar-refractivity contribution in [3.63, 3.8) is 0 Å². The van der Waals surface area contributed by atoms with Crippen molar-refractivity contribution >= 4 is 22.2 Å². The fourth-order valence-electron chi connectivity index (χ4n) is 4.67. The van der Waals surface area contributed by atoms with Crippen molar-refractivity contribution in [3.8, 4) is 17.8 Å². The predicted octanol–water partition coefficient (Wildman–Crippen LogP) is 3.47. The van der Waals surface area contributed by atoms with Gasteiger partial charge in [0.05, 0.1) is 47.1 Å².